The van der Waals surface area contributed by atoms with Gasteiger partial charge in [0.15, 0.2) is 0 Å². The predicted molar refractivity (Wildman–Crippen MR) is 93.4 cm³/mol. The Morgan fingerprint density at radius 2 is 2.08 bits per heavy atom. The van der Waals surface area contributed by atoms with Crippen LogP contribution in [0.3, 0.4) is 0 Å². The minimum atomic E-state index is -3.67. The van der Waals surface area contributed by atoms with E-state index in [1.165, 1.54) is 6.20 Å². The summed E-state index contributed by atoms with van der Waals surface area (Å²) in [7, 11) is -3.67. The first-order chi connectivity index (χ1) is 11.4. The number of fused-ring (bicyclic) bond motifs is 1. The second-order valence-electron chi connectivity index (χ2n) is 6.47. The highest BCUT2D eigenvalue weighted by atomic mass is 32.2. The van der Waals surface area contributed by atoms with Gasteiger partial charge in [0, 0.05) is 36.1 Å². The third kappa shape index (κ3) is 2.99. The summed E-state index contributed by atoms with van der Waals surface area (Å²) in [6, 6.07) is 6.48. The van der Waals surface area contributed by atoms with Gasteiger partial charge in [-0.2, -0.15) is 4.31 Å². The molecule has 3 rings (SSSR count). The van der Waals surface area contributed by atoms with Crippen LogP contribution in [0.1, 0.15) is 20.3 Å². The van der Waals surface area contributed by atoms with Gasteiger partial charge < -0.3 is 10.4 Å². The molecule has 6 nitrogen and oxygen atoms in total. The van der Waals surface area contributed by atoms with Gasteiger partial charge in [0.1, 0.15) is 0 Å². The van der Waals surface area contributed by atoms with Crippen molar-refractivity contribution in [3.63, 3.8) is 0 Å². The molecule has 1 aromatic heterocycles. The van der Waals surface area contributed by atoms with Crippen LogP contribution in [0.5, 0.6) is 5.88 Å². The van der Waals surface area contributed by atoms with Crippen molar-refractivity contribution in [2.24, 2.45) is 5.92 Å². The zero-order valence-electron chi connectivity index (χ0n) is 13.9. The maximum atomic E-state index is 13.4. The molecule has 1 aliphatic heterocycles. The van der Waals surface area contributed by atoms with E-state index in [0.717, 1.165) is 13.0 Å². The minimum Gasteiger partial charge on any atom is -0.493 e. The lowest BCUT2D eigenvalue weighted by Crippen LogP contribution is -2.46. The molecule has 1 aliphatic rings. The number of pyridine rings is 1. The Balaban J connectivity index is 2.15. The molecular weight excluding hydrogens is 326 g/mol. The van der Waals surface area contributed by atoms with Crippen LogP contribution in [0.15, 0.2) is 35.4 Å². The number of rotatable bonds is 3. The molecule has 0 bridgehead atoms. The van der Waals surface area contributed by atoms with Gasteiger partial charge in [-0.05, 0) is 37.1 Å². The van der Waals surface area contributed by atoms with E-state index in [1.807, 2.05) is 13.8 Å². The Hall–Kier alpha value is -1.70. The van der Waals surface area contributed by atoms with Crippen molar-refractivity contribution in [3.8, 4) is 5.88 Å². The minimum absolute atomic E-state index is 0.0943. The molecule has 0 spiro atoms. The van der Waals surface area contributed by atoms with Gasteiger partial charge in [-0.1, -0.05) is 19.9 Å². The van der Waals surface area contributed by atoms with Gasteiger partial charge >= 0.3 is 0 Å². The molecule has 0 radical (unpaired) electrons. The summed E-state index contributed by atoms with van der Waals surface area (Å²) in [5, 5.41) is 14.2. The number of nitrogens with one attached hydrogen (secondary N) is 1. The fourth-order valence-corrected chi connectivity index (χ4v) is 5.26. The van der Waals surface area contributed by atoms with Crippen LogP contribution in [-0.4, -0.2) is 48.5 Å². The van der Waals surface area contributed by atoms with E-state index < -0.39 is 10.0 Å². The van der Waals surface area contributed by atoms with E-state index in [1.54, 1.807) is 28.6 Å². The molecule has 2 aromatic rings. The molecule has 0 aliphatic carbocycles. The van der Waals surface area contributed by atoms with Crippen molar-refractivity contribution < 1.29 is 13.5 Å². The van der Waals surface area contributed by atoms with E-state index in [9.17, 15) is 13.5 Å². The van der Waals surface area contributed by atoms with Crippen LogP contribution >= 0.6 is 0 Å². The monoisotopic (exact) mass is 349 g/mol. The van der Waals surface area contributed by atoms with Crippen molar-refractivity contribution in [1.82, 2.24) is 14.6 Å². The average molecular weight is 349 g/mol. The standard InChI is InChI=1S/C17H23N3O3S/c1-12(2)15-11-18-8-4-10-20(15)24(22,23)16-6-3-5-14-13(16)7-9-19-17(14)21/h3,5-7,9,12,15,18H,4,8,10-11H2,1-2H3,(H,19,21)/t15-/m0/s1. The Morgan fingerprint density at radius 3 is 2.83 bits per heavy atom. The molecule has 130 valence electrons. The lowest BCUT2D eigenvalue weighted by molar-refractivity contribution is 0.271. The summed E-state index contributed by atoms with van der Waals surface area (Å²) in [6.45, 7) is 6.04. The van der Waals surface area contributed by atoms with Crippen LogP contribution in [0.2, 0.25) is 0 Å². The largest absolute Gasteiger partial charge is 0.493 e. The lowest BCUT2D eigenvalue weighted by Gasteiger charge is -2.32. The highest BCUT2D eigenvalue weighted by Gasteiger charge is 2.35. The maximum Gasteiger partial charge on any atom is 0.243 e. The number of nitrogens with zero attached hydrogens (tertiary/aromatic N) is 2. The van der Waals surface area contributed by atoms with Crippen LogP contribution in [0.25, 0.3) is 10.8 Å². The summed E-state index contributed by atoms with van der Waals surface area (Å²) < 4.78 is 28.4. The summed E-state index contributed by atoms with van der Waals surface area (Å²) >= 11 is 0. The number of aromatic nitrogens is 1. The van der Waals surface area contributed by atoms with Crippen LogP contribution < -0.4 is 5.32 Å². The predicted octanol–water partition coefficient (Wildman–Crippen LogP) is 1.95. The second-order valence-corrected chi connectivity index (χ2v) is 8.33. The molecule has 0 amide bonds. The molecule has 0 unspecified atom stereocenters. The zero-order valence-corrected chi connectivity index (χ0v) is 14.8. The van der Waals surface area contributed by atoms with E-state index in [0.29, 0.717) is 23.9 Å². The van der Waals surface area contributed by atoms with E-state index >= 15 is 0 Å². The normalized spacial score (nSPS) is 20.4. The Morgan fingerprint density at radius 1 is 1.29 bits per heavy atom. The molecule has 1 saturated heterocycles. The summed E-state index contributed by atoms with van der Waals surface area (Å²) in [5.74, 6) is 0.0536. The number of aromatic hydroxyl groups is 1. The lowest BCUT2D eigenvalue weighted by atomic mass is 10.1. The summed E-state index contributed by atoms with van der Waals surface area (Å²) in [5.41, 5.74) is 0. The maximum absolute atomic E-state index is 13.4. The van der Waals surface area contributed by atoms with E-state index in [-0.39, 0.29) is 22.7 Å². The first-order valence-corrected chi connectivity index (χ1v) is 9.66. The number of benzene rings is 1. The van der Waals surface area contributed by atoms with Crippen molar-refractivity contribution in [2.75, 3.05) is 19.6 Å². The Bertz CT molecular complexity index is 836. The topological polar surface area (TPSA) is 82.5 Å². The van der Waals surface area contributed by atoms with Gasteiger partial charge in [0.2, 0.25) is 15.9 Å². The zero-order chi connectivity index (χ0) is 17.3. The quantitative estimate of drug-likeness (QED) is 0.885. The van der Waals surface area contributed by atoms with Crippen molar-refractivity contribution in [2.45, 2.75) is 31.2 Å². The average Bonchev–Trinajstić information content (AvgIpc) is 2.81. The Labute approximate surface area is 142 Å². The third-order valence-electron chi connectivity index (χ3n) is 4.56. The molecule has 1 fully saturated rings. The molecular formula is C17H23N3O3S. The SMILES string of the molecule is CC(C)[C@@H]1CNCCCN1S(=O)(=O)c1cccc2c(O)nccc12. The molecule has 0 saturated carbocycles. The van der Waals surface area contributed by atoms with Gasteiger partial charge in [-0.15, -0.1) is 0 Å². The molecule has 24 heavy (non-hydrogen) atoms. The van der Waals surface area contributed by atoms with Crippen molar-refractivity contribution >= 4 is 20.8 Å². The van der Waals surface area contributed by atoms with E-state index in [2.05, 4.69) is 10.3 Å². The molecule has 1 aromatic carbocycles. The second kappa shape index (κ2) is 6.66. The highest BCUT2D eigenvalue weighted by Crippen LogP contribution is 2.31. The van der Waals surface area contributed by atoms with Crippen LogP contribution in [0.4, 0.5) is 0 Å². The smallest absolute Gasteiger partial charge is 0.243 e. The first kappa shape index (κ1) is 17.1. The first-order valence-electron chi connectivity index (χ1n) is 8.22. The van der Waals surface area contributed by atoms with Crippen LogP contribution in [0, 0.1) is 5.92 Å². The van der Waals surface area contributed by atoms with Crippen LogP contribution in [-0.2, 0) is 10.0 Å². The highest BCUT2D eigenvalue weighted by molar-refractivity contribution is 7.89. The molecule has 1 atom stereocenters. The fourth-order valence-electron chi connectivity index (χ4n) is 3.26. The van der Waals surface area contributed by atoms with Crippen molar-refractivity contribution in [3.05, 3.63) is 30.5 Å². The van der Waals surface area contributed by atoms with Gasteiger partial charge in [-0.25, -0.2) is 13.4 Å². The molecule has 2 N–H and O–H groups in total. The molecule has 2 heterocycles. The van der Waals surface area contributed by atoms with Gasteiger partial charge in [-0.3, -0.25) is 0 Å². The van der Waals surface area contributed by atoms with E-state index in [4.69, 9.17) is 0 Å². The third-order valence-corrected chi connectivity index (χ3v) is 6.54. The summed E-state index contributed by atoms with van der Waals surface area (Å²) in [6.07, 6.45) is 2.21. The fraction of sp³-hybridized carbons (Fsp3) is 0.471. The molecule has 7 heteroatoms. The number of hydrogen-bond acceptors (Lipinski definition) is 5. The number of hydrogen-bond donors (Lipinski definition) is 2. The van der Waals surface area contributed by atoms with Crippen molar-refractivity contribution in [1.29, 1.82) is 0 Å². The number of sulfonamides is 1. The Kier molecular flexibility index (Phi) is 4.76. The summed E-state index contributed by atoms with van der Waals surface area (Å²) in [4.78, 5) is 4.07. The van der Waals surface area contributed by atoms with Gasteiger partial charge in [0.25, 0.3) is 0 Å². The van der Waals surface area contributed by atoms with Gasteiger partial charge in [0.05, 0.1) is 4.90 Å².